The molecule has 16 heavy (non-hydrogen) atoms. The standard InChI is InChI=1S/C5H7NO2.C4H5NO2S/c7-4-3-5-6(4)1-2-8-5;6-3-1-4-5(3)2-7-8-4/h5H,1-3H2;4H,1-2H2/t;4-/m.1/s1. The molecule has 2 amide bonds. The number of ether oxygens (including phenoxy) is 1. The number of carbonyl (C=O) groups is 2. The first-order valence-corrected chi connectivity index (χ1v) is 6.05. The number of fused-ring (bicyclic) bond motifs is 2. The number of amides is 2. The predicted molar refractivity (Wildman–Crippen MR) is 54.9 cm³/mol. The van der Waals surface area contributed by atoms with E-state index in [1.807, 2.05) is 0 Å². The molecule has 0 aromatic heterocycles. The first kappa shape index (κ1) is 10.4. The number of carbonyl (C=O) groups excluding carboxylic acids is 2. The molecule has 6 nitrogen and oxygen atoms in total. The molecular formula is C9H12N2O4S. The Morgan fingerprint density at radius 3 is 2.50 bits per heavy atom. The van der Waals surface area contributed by atoms with Crippen LogP contribution in [0.5, 0.6) is 0 Å². The van der Waals surface area contributed by atoms with E-state index < -0.39 is 0 Å². The van der Waals surface area contributed by atoms with Crippen LogP contribution in [0.3, 0.4) is 0 Å². The first-order chi connectivity index (χ1) is 7.75. The zero-order valence-electron chi connectivity index (χ0n) is 8.63. The minimum Gasteiger partial charge on any atom is -0.356 e. The summed E-state index contributed by atoms with van der Waals surface area (Å²) in [6, 6.07) is 0. The van der Waals surface area contributed by atoms with Crippen LogP contribution in [0.15, 0.2) is 0 Å². The van der Waals surface area contributed by atoms with Gasteiger partial charge < -0.3 is 14.5 Å². The highest BCUT2D eigenvalue weighted by Crippen LogP contribution is 2.35. The lowest BCUT2D eigenvalue weighted by Crippen LogP contribution is -2.48. The molecule has 4 fully saturated rings. The van der Waals surface area contributed by atoms with Crippen LogP contribution in [-0.4, -0.2) is 53.1 Å². The summed E-state index contributed by atoms with van der Waals surface area (Å²) in [5, 5.41) is 0.350. The molecule has 0 aliphatic carbocycles. The minimum atomic E-state index is 0.155. The van der Waals surface area contributed by atoms with E-state index in [4.69, 9.17) is 8.92 Å². The molecule has 4 rings (SSSR count). The van der Waals surface area contributed by atoms with E-state index in [-0.39, 0.29) is 18.0 Å². The maximum atomic E-state index is 10.6. The molecule has 7 heteroatoms. The lowest BCUT2D eigenvalue weighted by Gasteiger charge is -2.31. The molecule has 4 aliphatic rings. The molecule has 4 saturated heterocycles. The van der Waals surface area contributed by atoms with Crippen molar-refractivity contribution in [2.45, 2.75) is 24.4 Å². The fourth-order valence-corrected chi connectivity index (χ4v) is 2.79. The summed E-state index contributed by atoms with van der Waals surface area (Å²) in [7, 11) is 0. The molecule has 0 saturated carbocycles. The Kier molecular flexibility index (Phi) is 2.53. The molecule has 0 radical (unpaired) electrons. The van der Waals surface area contributed by atoms with Crippen LogP contribution in [-0.2, 0) is 18.5 Å². The summed E-state index contributed by atoms with van der Waals surface area (Å²) in [6.45, 7) is 2.04. The largest absolute Gasteiger partial charge is 0.356 e. The number of hydrogen-bond acceptors (Lipinski definition) is 5. The number of β-lactam (4-membered cyclic amide) rings is 2. The zero-order chi connectivity index (χ0) is 11.1. The molecule has 1 unspecified atom stereocenters. The van der Waals surface area contributed by atoms with Gasteiger partial charge in [0.05, 0.1) is 19.4 Å². The van der Waals surface area contributed by atoms with Crippen molar-refractivity contribution in [3.8, 4) is 0 Å². The van der Waals surface area contributed by atoms with Crippen molar-refractivity contribution in [2.24, 2.45) is 0 Å². The molecule has 88 valence electrons. The van der Waals surface area contributed by atoms with E-state index in [1.54, 1.807) is 9.80 Å². The quantitative estimate of drug-likeness (QED) is 0.434. The van der Waals surface area contributed by atoms with E-state index in [0.29, 0.717) is 24.9 Å². The Labute approximate surface area is 97.0 Å². The molecule has 0 spiro atoms. The molecule has 2 atom stereocenters. The Balaban J connectivity index is 0.000000101. The van der Waals surface area contributed by atoms with E-state index in [9.17, 15) is 9.59 Å². The van der Waals surface area contributed by atoms with Crippen LogP contribution < -0.4 is 0 Å². The third-order valence-corrected chi connectivity index (χ3v) is 3.93. The Hall–Kier alpha value is -0.790. The van der Waals surface area contributed by atoms with E-state index >= 15 is 0 Å². The molecule has 0 aromatic carbocycles. The Morgan fingerprint density at radius 1 is 1.19 bits per heavy atom. The van der Waals surface area contributed by atoms with Crippen molar-refractivity contribution in [1.82, 2.24) is 9.80 Å². The van der Waals surface area contributed by atoms with Gasteiger partial charge in [-0.2, -0.15) is 0 Å². The van der Waals surface area contributed by atoms with Crippen LogP contribution in [0.1, 0.15) is 12.8 Å². The van der Waals surface area contributed by atoms with Crippen LogP contribution in [0.25, 0.3) is 0 Å². The topological polar surface area (TPSA) is 59.1 Å². The zero-order valence-corrected chi connectivity index (χ0v) is 9.44. The summed E-state index contributed by atoms with van der Waals surface area (Å²) >= 11 is 1.40. The minimum absolute atomic E-state index is 0.155. The highest BCUT2D eigenvalue weighted by Gasteiger charge is 2.41. The van der Waals surface area contributed by atoms with Gasteiger partial charge in [-0.05, 0) is 0 Å². The fourth-order valence-electron chi connectivity index (χ4n) is 1.96. The van der Waals surface area contributed by atoms with Crippen molar-refractivity contribution >= 4 is 23.9 Å². The van der Waals surface area contributed by atoms with Gasteiger partial charge in [0.2, 0.25) is 11.8 Å². The highest BCUT2D eigenvalue weighted by atomic mass is 32.2. The van der Waals surface area contributed by atoms with Gasteiger partial charge in [-0.15, -0.1) is 0 Å². The summed E-state index contributed by atoms with van der Waals surface area (Å²) in [4.78, 5) is 24.6. The monoisotopic (exact) mass is 244 g/mol. The Morgan fingerprint density at radius 2 is 2.00 bits per heavy atom. The number of nitrogens with zero attached hydrogens (tertiary/aromatic N) is 2. The first-order valence-electron chi connectivity index (χ1n) is 5.24. The number of hydrogen-bond donors (Lipinski definition) is 0. The summed E-state index contributed by atoms with van der Waals surface area (Å²) in [6.07, 6.45) is 1.44. The lowest BCUT2D eigenvalue weighted by molar-refractivity contribution is -0.155. The highest BCUT2D eigenvalue weighted by molar-refractivity contribution is 7.95. The van der Waals surface area contributed by atoms with Gasteiger partial charge in [0, 0.05) is 18.6 Å². The average molecular weight is 244 g/mol. The normalized spacial score (nSPS) is 34.8. The van der Waals surface area contributed by atoms with Gasteiger partial charge in [0.25, 0.3) is 0 Å². The number of rotatable bonds is 0. The van der Waals surface area contributed by atoms with Gasteiger partial charge in [0.15, 0.2) is 0 Å². The third kappa shape index (κ3) is 1.59. The fraction of sp³-hybridized carbons (Fsp3) is 0.778. The second-order valence-electron chi connectivity index (χ2n) is 3.98. The van der Waals surface area contributed by atoms with Gasteiger partial charge in [-0.3, -0.25) is 13.8 Å². The van der Waals surface area contributed by atoms with E-state index in [2.05, 4.69) is 0 Å². The van der Waals surface area contributed by atoms with E-state index in [0.717, 1.165) is 13.2 Å². The van der Waals surface area contributed by atoms with Gasteiger partial charge in [-0.25, -0.2) is 0 Å². The van der Waals surface area contributed by atoms with Crippen LogP contribution in [0, 0.1) is 0 Å². The molecule has 4 heterocycles. The second kappa shape index (κ2) is 3.90. The van der Waals surface area contributed by atoms with Crippen molar-refractivity contribution in [3.05, 3.63) is 0 Å². The Bertz CT molecular complexity index is 305. The van der Waals surface area contributed by atoms with Gasteiger partial charge in [0.1, 0.15) is 18.3 Å². The SMILES string of the molecule is O=C1CC2OCCN12.O=C1C[C@H]2SOCN12. The van der Waals surface area contributed by atoms with Crippen LogP contribution >= 0.6 is 12.0 Å². The van der Waals surface area contributed by atoms with Crippen molar-refractivity contribution in [2.75, 3.05) is 19.9 Å². The smallest absolute Gasteiger partial charge is 0.229 e. The molecule has 0 N–H and O–H groups in total. The molecule has 0 bridgehead atoms. The summed E-state index contributed by atoms with van der Waals surface area (Å²) in [5.41, 5.74) is 0. The van der Waals surface area contributed by atoms with Crippen molar-refractivity contribution < 1.29 is 18.5 Å². The molecule has 0 aromatic rings. The maximum Gasteiger partial charge on any atom is 0.229 e. The second-order valence-corrected chi connectivity index (χ2v) is 4.95. The van der Waals surface area contributed by atoms with Crippen LogP contribution in [0.4, 0.5) is 0 Å². The summed E-state index contributed by atoms with van der Waals surface area (Å²) in [5.74, 6) is 0.465. The predicted octanol–water partition coefficient (Wildman–Crippen LogP) is -0.244. The summed E-state index contributed by atoms with van der Waals surface area (Å²) < 4.78 is 10.1. The molecular weight excluding hydrogens is 232 g/mol. The van der Waals surface area contributed by atoms with E-state index in [1.165, 1.54) is 12.0 Å². The third-order valence-electron chi connectivity index (χ3n) is 3.05. The maximum absolute atomic E-state index is 10.6. The van der Waals surface area contributed by atoms with Gasteiger partial charge in [-0.1, -0.05) is 0 Å². The lowest BCUT2D eigenvalue weighted by atomic mass is 10.2. The van der Waals surface area contributed by atoms with Crippen molar-refractivity contribution in [1.29, 1.82) is 0 Å². The average Bonchev–Trinajstić information content (AvgIpc) is 2.81. The van der Waals surface area contributed by atoms with Gasteiger partial charge >= 0.3 is 0 Å². The van der Waals surface area contributed by atoms with Crippen molar-refractivity contribution in [3.63, 3.8) is 0 Å². The molecule has 4 aliphatic heterocycles. The van der Waals surface area contributed by atoms with Crippen LogP contribution in [0.2, 0.25) is 0 Å².